The summed E-state index contributed by atoms with van der Waals surface area (Å²) in [5.74, 6) is 0.974. The molecule has 0 aliphatic heterocycles. The van der Waals surface area contributed by atoms with Gasteiger partial charge in [0.2, 0.25) is 0 Å². The fourth-order valence-corrected chi connectivity index (χ4v) is 3.40. The molecular weight excluding hydrogens is 226 g/mol. The second kappa shape index (κ2) is 4.69. The lowest BCUT2D eigenvalue weighted by Crippen LogP contribution is -2.23. The first kappa shape index (κ1) is 11.1. The van der Waals surface area contributed by atoms with Gasteiger partial charge in [0.05, 0.1) is 0 Å². The lowest BCUT2D eigenvalue weighted by atomic mass is 9.81. The number of hydrogen-bond donors (Lipinski definition) is 1. The molecule has 0 amide bonds. The molecule has 0 bridgehead atoms. The SMILES string of the molecule is CC(CC1CCC1)Nc1ccc2sccc2c1. The number of thiophene rings is 1. The predicted molar refractivity (Wildman–Crippen MR) is 76.9 cm³/mol. The average Bonchev–Trinajstić information content (AvgIpc) is 2.71. The molecule has 2 aromatic rings. The third-order valence-electron chi connectivity index (χ3n) is 3.78. The molecule has 1 unspecified atom stereocenters. The molecular formula is C15H19NS. The van der Waals surface area contributed by atoms with Crippen molar-refractivity contribution in [1.29, 1.82) is 0 Å². The quantitative estimate of drug-likeness (QED) is 0.808. The van der Waals surface area contributed by atoms with Crippen molar-refractivity contribution in [3.63, 3.8) is 0 Å². The number of rotatable bonds is 4. The lowest BCUT2D eigenvalue weighted by Gasteiger charge is -2.28. The Morgan fingerprint density at radius 2 is 2.24 bits per heavy atom. The van der Waals surface area contributed by atoms with Crippen LogP contribution in [0.4, 0.5) is 5.69 Å². The summed E-state index contributed by atoms with van der Waals surface area (Å²) in [5, 5.41) is 7.14. The highest BCUT2D eigenvalue weighted by Crippen LogP contribution is 2.31. The standard InChI is InChI=1S/C15H19NS/c1-11(9-12-3-2-4-12)16-14-5-6-15-13(10-14)7-8-17-15/h5-8,10-12,16H,2-4,9H2,1H3. The summed E-state index contributed by atoms with van der Waals surface area (Å²) in [5.41, 5.74) is 1.27. The van der Waals surface area contributed by atoms with Gasteiger partial charge in [-0.1, -0.05) is 19.3 Å². The summed E-state index contributed by atoms with van der Waals surface area (Å²) in [6.45, 7) is 2.30. The van der Waals surface area contributed by atoms with Crippen molar-refractivity contribution in [3.8, 4) is 0 Å². The fourth-order valence-electron chi connectivity index (χ4n) is 2.63. The van der Waals surface area contributed by atoms with Crippen LogP contribution in [0, 0.1) is 5.92 Å². The first-order valence-corrected chi connectivity index (χ1v) is 7.43. The van der Waals surface area contributed by atoms with Gasteiger partial charge in [0.15, 0.2) is 0 Å². The minimum Gasteiger partial charge on any atom is -0.383 e. The van der Waals surface area contributed by atoms with E-state index in [4.69, 9.17) is 0 Å². The maximum Gasteiger partial charge on any atom is 0.0349 e. The third kappa shape index (κ3) is 2.47. The summed E-state index contributed by atoms with van der Waals surface area (Å²) in [6.07, 6.45) is 5.64. The first-order chi connectivity index (χ1) is 8.31. The van der Waals surface area contributed by atoms with E-state index in [2.05, 4.69) is 41.9 Å². The van der Waals surface area contributed by atoms with Crippen LogP contribution in [0.5, 0.6) is 0 Å². The van der Waals surface area contributed by atoms with Crippen molar-refractivity contribution in [3.05, 3.63) is 29.6 Å². The molecule has 0 saturated heterocycles. The normalized spacial score (nSPS) is 17.9. The molecule has 1 nitrogen and oxygen atoms in total. The van der Waals surface area contributed by atoms with Crippen LogP contribution < -0.4 is 5.32 Å². The minimum atomic E-state index is 0.594. The Morgan fingerprint density at radius 1 is 1.35 bits per heavy atom. The van der Waals surface area contributed by atoms with Gasteiger partial charge in [0.25, 0.3) is 0 Å². The van der Waals surface area contributed by atoms with Crippen molar-refractivity contribution in [2.24, 2.45) is 5.92 Å². The number of nitrogens with one attached hydrogen (secondary N) is 1. The van der Waals surface area contributed by atoms with Gasteiger partial charge in [-0.3, -0.25) is 0 Å². The van der Waals surface area contributed by atoms with E-state index in [-0.39, 0.29) is 0 Å². The van der Waals surface area contributed by atoms with Crippen LogP contribution in [0.1, 0.15) is 32.6 Å². The molecule has 1 aromatic carbocycles. The first-order valence-electron chi connectivity index (χ1n) is 6.55. The zero-order chi connectivity index (χ0) is 11.7. The second-order valence-corrected chi connectivity index (χ2v) is 6.20. The van der Waals surface area contributed by atoms with E-state index in [1.54, 1.807) is 0 Å². The van der Waals surface area contributed by atoms with E-state index >= 15 is 0 Å². The van der Waals surface area contributed by atoms with Crippen molar-refractivity contribution >= 4 is 27.1 Å². The summed E-state index contributed by atoms with van der Waals surface area (Å²) < 4.78 is 1.38. The van der Waals surface area contributed by atoms with Crippen molar-refractivity contribution in [1.82, 2.24) is 0 Å². The van der Waals surface area contributed by atoms with Crippen LogP contribution in [-0.2, 0) is 0 Å². The summed E-state index contributed by atoms with van der Waals surface area (Å²) in [7, 11) is 0. The zero-order valence-corrected chi connectivity index (χ0v) is 11.1. The number of fused-ring (bicyclic) bond motifs is 1. The highest BCUT2D eigenvalue weighted by atomic mass is 32.1. The van der Waals surface area contributed by atoms with Crippen LogP contribution in [-0.4, -0.2) is 6.04 Å². The third-order valence-corrected chi connectivity index (χ3v) is 4.67. The van der Waals surface area contributed by atoms with Crippen LogP contribution in [0.2, 0.25) is 0 Å². The van der Waals surface area contributed by atoms with Crippen molar-refractivity contribution in [2.75, 3.05) is 5.32 Å². The lowest BCUT2D eigenvalue weighted by molar-refractivity contribution is 0.286. The predicted octanol–water partition coefficient (Wildman–Crippen LogP) is 4.89. The van der Waals surface area contributed by atoms with E-state index in [9.17, 15) is 0 Å². The van der Waals surface area contributed by atoms with Gasteiger partial charge in [-0.05, 0) is 54.3 Å². The maximum atomic E-state index is 3.63. The summed E-state index contributed by atoms with van der Waals surface area (Å²) in [4.78, 5) is 0. The molecule has 1 fully saturated rings. The van der Waals surface area contributed by atoms with E-state index in [0.717, 1.165) is 5.92 Å². The largest absolute Gasteiger partial charge is 0.383 e. The zero-order valence-electron chi connectivity index (χ0n) is 10.3. The van der Waals surface area contributed by atoms with Crippen LogP contribution in [0.3, 0.4) is 0 Å². The molecule has 1 heterocycles. The molecule has 1 aliphatic rings. The highest BCUT2D eigenvalue weighted by molar-refractivity contribution is 7.17. The monoisotopic (exact) mass is 245 g/mol. The number of anilines is 1. The number of benzene rings is 1. The summed E-state index contributed by atoms with van der Waals surface area (Å²) in [6, 6.07) is 9.48. The minimum absolute atomic E-state index is 0.594. The Morgan fingerprint density at radius 3 is 3.00 bits per heavy atom. The van der Waals surface area contributed by atoms with Crippen molar-refractivity contribution < 1.29 is 0 Å². The molecule has 1 aliphatic carbocycles. The Hall–Kier alpha value is -1.02. The van der Waals surface area contributed by atoms with Crippen LogP contribution in [0.25, 0.3) is 10.1 Å². The van der Waals surface area contributed by atoms with Gasteiger partial charge >= 0.3 is 0 Å². The Labute approximate surface area is 107 Å². The topological polar surface area (TPSA) is 12.0 Å². The molecule has 0 spiro atoms. The van der Waals surface area contributed by atoms with Gasteiger partial charge in [0, 0.05) is 16.4 Å². The van der Waals surface area contributed by atoms with Gasteiger partial charge in [-0.25, -0.2) is 0 Å². The average molecular weight is 245 g/mol. The van der Waals surface area contributed by atoms with Gasteiger partial charge in [-0.2, -0.15) is 0 Å². The molecule has 1 aromatic heterocycles. The molecule has 1 atom stereocenters. The molecule has 17 heavy (non-hydrogen) atoms. The smallest absolute Gasteiger partial charge is 0.0349 e. The van der Waals surface area contributed by atoms with Gasteiger partial charge < -0.3 is 5.32 Å². The number of hydrogen-bond acceptors (Lipinski definition) is 2. The fraction of sp³-hybridized carbons (Fsp3) is 0.467. The Kier molecular flexibility index (Phi) is 3.06. The molecule has 0 radical (unpaired) electrons. The van der Waals surface area contributed by atoms with E-state index in [1.165, 1.54) is 41.5 Å². The second-order valence-electron chi connectivity index (χ2n) is 5.25. The van der Waals surface area contributed by atoms with E-state index < -0.39 is 0 Å². The van der Waals surface area contributed by atoms with Gasteiger partial charge in [-0.15, -0.1) is 11.3 Å². The molecule has 3 rings (SSSR count). The van der Waals surface area contributed by atoms with E-state index in [0.29, 0.717) is 6.04 Å². The molecule has 1 saturated carbocycles. The summed E-state index contributed by atoms with van der Waals surface area (Å²) >= 11 is 1.81. The van der Waals surface area contributed by atoms with E-state index in [1.807, 2.05) is 11.3 Å². The molecule has 90 valence electrons. The highest BCUT2D eigenvalue weighted by Gasteiger charge is 2.19. The maximum absolute atomic E-state index is 3.63. The van der Waals surface area contributed by atoms with Crippen molar-refractivity contribution in [2.45, 2.75) is 38.6 Å². The Bertz CT molecular complexity index is 498. The van der Waals surface area contributed by atoms with Crippen LogP contribution in [0.15, 0.2) is 29.6 Å². The van der Waals surface area contributed by atoms with Crippen LogP contribution >= 0.6 is 11.3 Å². The molecule has 2 heteroatoms. The molecule has 1 N–H and O–H groups in total. The van der Waals surface area contributed by atoms with Gasteiger partial charge in [0.1, 0.15) is 0 Å². The Balaban J connectivity index is 1.66.